The average molecular weight is 264 g/mol. The van der Waals surface area contributed by atoms with E-state index in [1.807, 2.05) is 6.92 Å². The Morgan fingerprint density at radius 1 is 1.00 bits per heavy atom. The molecule has 0 radical (unpaired) electrons. The van der Waals surface area contributed by atoms with E-state index in [4.69, 9.17) is 0 Å². The van der Waals surface area contributed by atoms with Crippen LogP contribution in [-0.4, -0.2) is 29.1 Å². The van der Waals surface area contributed by atoms with Gasteiger partial charge >= 0.3 is 0 Å². The third kappa shape index (κ3) is 2.42. The van der Waals surface area contributed by atoms with Crippen LogP contribution in [0, 0.1) is 11.8 Å². The van der Waals surface area contributed by atoms with Gasteiger partial charge in [-0.15, -0.1) is 0 Å². The second-order valence-corrected chi connectivity index (χ2v) is 6.95. The summed E-state index contributed by atoms with van der Waals surface area (Å²) in [4.78, 5) is 14.8. The highest BCUT2D eigenvalue weighted by molar-refractivity contribution is 5.84. The van der Waals surface area contributed by atoms with Crippen molar-refractivity contribution in [2.45, 2.75) is 83.5 Å². The van der Waals surface area contributed by atoms with Crippen molar-refractivity contribution >= 4 is 5.91 Å². The Bertz CT molecular complexity index is 338. The summed E-state index contributed by atoms with van der Waals surface area (Å²) in [6.45, 7) is 4.38. The maximum absolute atomic E-state index is 12.6. The zero-order valence-electron chi connectivity index (χ0n) is 12.4. The number of hydrogen-bond acceptors (Lipinski definition) is 2. The van der Waals surface area contributed by atoms with E-state index in [0.29, 0.717) is 30.0 Å². The maximum atomic E-state index is 12.6. The van der Waals surface area contributed by atoms with E-state index < -0.39 is 0 Å². The van der Waals surface area contributed by atoms with Crippen molar-refractivity contribution in [2.24, 2.45) is 11.8 Å². The first kappa shape index (κ1) is 13.4. The molecule has 1 aliphatic heterocycles. The molecule has 19 heavy (non-hydrogen) atoms. The van der Waals surface area contributed by atoms with E-state index in [1.165, 1.54) is 51.4 Å². The van der Waals surface area contributed by atoms with E-state index in [2.05, 4.69) is 17.1 Å². The zero-order chi connectivity index (χ0) is 13.4. The highest BCUT2D eigenvalue weighted by atomic mass is 16.2. The molecule has 3 heteroatoms. The van der Waals surface area contributed by atoms with Crippen molar-refractivity contribution < 1.29 is 4.79 Å². The molecule has 3 rings (SSSR count). The van der Waals surface area contributed by atoms with E-state index in [1.54, 1.807) is 0 Å². The molecule has 1 N–H and O–H groups in total. The Hall–Kier alpha value is -0.570. The summed E-state index contributed by atoms with van der Waals surface area (Å²) >= 11 is 0. The van der Waals surface area contributed by atoms with Crippen molar-refractivity contribution in [1.29, 1.82) is 0 Å². The summed E-state index contributed by atoms with van der Waals surface area (Å²) in [5.41, 5.74) is 0. The molecule has 1 saturated heterocycles. The lowest BCUT2D eigenvalue weighted by molar-refractivity contribution is -0.134. The fourth-order valence-electron chi connectivity index (χ4n) is 4.48. The number of carbonyl (C=O) groups is 1. The van der Waals surface area contributed by atoms with E-state index in [9.17, 15) is 4.79 Å². The Balaban J connectivity index is 1.79. The SMILES string of the molecule is CC1NC(C2CCCC2)N(C2CCCCC2C)C1=O. The monoisotopic (exact) mass is 264 g/mol. The zero-order valence-corrected chi connectivity index (χ0v) is 12.4. The van der Waals surface area contributed by atoms with Crippen LogP contribution >= 0.6 is 0 Å². The molecule has 2 aliphatic carbocycles. The summed E-state index contributed by atoms with van der Waals surface area (Å²) in [5.74, 6) is 1.73. The molecule has 3 nitrogen and oxygen atoms in total. The summed E-state index contributed by atoms with van der Waals surface area (Å²) in [7, 11) is 0. The molecule has 3 aliphatic rings. The summed E-state index contributed by atoms with van der Waals surface area (Å²) < 4.78 is 0. The van der Waals surface area contributed by atoms with Crippen molar-refractivity contribution in [3.8, 4) is 0 Å². The first-order chi connectivity index (χ1) is 9.18. The Labute approximate surface area is 117 Å². The van der Waals surface area contributed by atoms with Gasteiger partial charge in [-0.05, 0) is 44.4 Å². The second kappa shape index (κ2) is 5.43. The van der Waals surface area contributed by atoms with Crippen molar-refractivity contribution in [3.05, 3.63) is 0 Å². The molecule has 1 heterocycles. The fraction of sp³-hybridized carbons (Fsp3) is 0.938. The summed E-state index contributed by atoms with van der Waals surface area (Å²) in [6.07, 6.45) is 10.8. The van der Waals surface area contributed by atoms with Crippen LogP contribution in [0.2, 0.25) is 0 Å². The molecule has 4 atom stereocenters. The predicted molar refractivity (Wildman–Crippen MR) is 76.6 cm³/mol. The third-order valence-corrected chi connectivity index (χ3v) is 5.62. The molecule has 0 spiro atoms. The first-order valence-corrected chi connectivity index (χ1v) is 8.26. The number of nitrogens with one attached hydrogen (secondary N) is 1. The maximum Gasteiger partial charge on any atom is 0.240 e. The minimum absolute atomic E-state index is 0.0275. The Kier molecular flexibility index (Phi) is 3.84. The number of carbonyl (C=O) groups excluding carboxylic acids is 1. The molecule has 0 aromatic heterocycles. The van der Waals surface area contributed by atoms with Gasteiger partial charge in [0.25, 0.3) is 0 Å². The standard InChI is InChI=1S/C16H28N2O/c1-11-7-3-6-10-14(11)18-15(13-8-4-5-9-13)17-12(2)16(18)19/h11-15,17H,3-10H2,1-2H3. The molecule has 0 bridgehead atoms. The van der Waals surface area contributed by atoms with Crippen LogP contribution in [0.25, 0.3) is 0 Å². The van der Waals surface area contributed by atoms with Crippen LogP contribution in [0.5, 0.6) is 0 Å². The van der Waals surface area contributed by atoms with E-state index in [-0.39, 0.29) is 6.04 Å². The molecule has 0 aromatic carbocycles. The van der Waals surface area contributed by atoms with Gasteiger partial charge in [-0.3, -0.25) is 10.1 Å². The van der Waals surface area contributed by atoms with Crippen LogP contribution in [0.4, 0.5) is 0 Å². The summed E-state index contributed by atoms with van der Waals surface area (Å²) in [5, 5.41) is 3.59. The van der Waals surface area contributed by atoms with Gasteiger partial charge in [0, 0.05) is 6.04 Å². The normalized spacial score (nSPS) is 41.2. The molecule has 3 fully saturated rings. The van der Waals surface area contributed by atoms with Crippen molar-refractivity contribution in [3.63, 3.8) is 0 Å². The number of rotatable bonds is 2. The highest BCUT2D eigenvalue weighted by Crippen LogP contribution is 2.37. The lowest BCUT2D eigenvalue weighted by Crippen LogP contribution is -2.51. The van der Waals surface area contributed by atoms with Crippen molar-refractivity contribution in [1.82, 2.24) is 10.2 Å². The van der Waals surface area contributed by atoms with Gasteiger partial charge in [-0.25, -0.2) is 0 Å². The van der Waals surface area contributed by atoms with E-state index in [0.717, 1.165) is 0 Å². The molecular formula is C16H28N2O. The van der Waals surface area contributed by atoms with Crippen LogP contribution in [0.15, 0.2) is 0 Å². The van der Waals surface area contributed by atoms with Gasteiger partial charge in [-0.2, -0.15) is 0 Å². The largest absolute Gasteiger partial charge is 0.322 e. The topological polar surface area (TPSA) is 32.3 Å². The molecule has 0 aromatic rings. The first-order valence-electron chi connectivity index (χ1n) is 8.26. The number of hydrogen-bond donors (Lipinski definition) is 1. The van der Waals surface area contributed by atoms with Gasteiger partial charge in [0.1, 0.15) is 0 Å². The van der Waals surface area contributed by atoms with Crippen LogP contribution in [0.3, 0.4) is 0 Å². The minimum Gasteiger partial charge on any atom is -0.322 e. The lowest BCUT2D eigenvalue weighted by atomic mass is 9.84. The minimum atomic E-state index is 0.0275. The van der Waals surface area contributed by atoms with Gasteiger partial charge < -0.3 is 4.90 Å². The second-order valence-electron chi connectivity index (χ2n) is 6.95. The fourth-order valence-corrected chi connectivity index (χ4v) is 4.48. The van der Waals surface area contributed by atoms with Gasteiger partial charge in [0.05, 0.1) is 12.2 Å². The predicted octanol–water partition coefficient (Wildman–Crippen LogP) is 2.90. The van der Waals surface area contributed by atoms with Crippen LogP contribution in [-0.2, 0) is 4.79 Å². The molecule has 4 unspecified atom stereocenters. The molecule has 2 saturated carbocycles. The van der Waals surface area contributed by atoms with Gasteiger partial charge in [-0.1, -0.05) is 32.6 Å². The molecular weight excluding hydrogens is 236 g/mol. The quantitative estimate of drug-likeness (QED) is 0.831. The summed E-state index contributed by atoms with van der Waals surface area (Å²) in [6, 6.07) is 0.518. The Morgan fingerprint density at radius 2 is 1.63 bits per heavy atom. The number of nitrogens with zero attached hydrogens (tertiary/aromatic N) is 1. The third-order valence-electron chi connectivity index (χ3n) is 5.62. The van der Waals surface area contributed by atoms with Gasteiger partial charge in [0.2, 0.25) is 5.91 Å². The lowest BCUT2D eigenvalue weighted by Gasteiger charge is -2.41. The smallest absolute Gasteiger partial charge is 0.240 e. The highest BCUT2D eigenvalue weighted by Gasteiger charge is 2.45. The average Bonchev–Trinajstić information content (AvgIpc) is 3.01. The van der Waals surface area contributed by atoms with Gasteiger partial charge in [0.15, 0.2) is 0 Å². The van der Waals surface area contributed by atoms with Crippen LogP contribution < -0.4 is 5.32 Å². The number of amides is 1. The molecule has 1 amide bonds. The Morgan fingerprint density at radius 3 is 2.32 bits per heavy atom. The van der Waals surface area contributed by atoms with Crippen molar-refractivity contribution in [2.75, 3.05) is 0 Å². The molecule has 108 valence electrons. The van der Waals surface area contributed by atoms with E-state index >= 15 is 0 Å². The van der Waals surface area contributed by atoms with Crippen LogP contribution in [0.1, 0.15) is 65.2 Å².